The van der Waals surface area contributed by atoms with Crippen molar-refractivity contribution in [2.45, 2.75) is 96.0 Å². The van der Waals surface area contributed by atoms with Gasteiger partial charge in [0.15, 0.2) is 17.0 Å². The zero-order chi connectivity index (χ0) is 23.3. The Morgan fingerprint density at radius 1 is 1.27 bits per heavy atom. The second-order valence-corrected chi connectivity index (χ2v) is 10.5. The van der Waals surface area contributed by atoms with Crippen molar-refractivity contribution < 1.29 is 34.1 Å². The number of ether oxygens (including phenoxy) is 2. The second kappa shape index (κ2) is 7.92. The van der Waals surface area contributed by atoms with Crippen molar-refractivity contribution in [1.82, 2.24) is 0 Å². The number of esters is 2. The van der Waals surface area contributed by atoms with Crippen molar-refractivity contribution in [1.29, 1.82) is 0 Å². The van der Waals surface area contributed by atoms with Gasteiger partial charge in [-0.25, -0.2) is 4.79 Å². The van der Waals surface area contributed by atoms with Crippen LogP contribution in [0, 0.1) is 11.3 Å². The standard InChI is InChI=1S/C22H33ClO7/c1-12(23)21(6,28)18(26)29-17-8-9-20(5)11-15(25)14(19(3,4)27)10-16(20)22(17,7)30-13(2)24/h10,12,16-17,27-28H,8-9,11H2,1-7H3/t12?,16-,17-,20-,21?,22-/m1/s1. The lowest BCUT2D eigenvalue weighted by molar-refractivity contribution is -0.217. The first-order chi connectivity index (χ1) is 13.4. The van der Waals surface area contributed by atoms with Crippen molar-refractivity contribution in [3.8, 4) is 0 Å². The average Bonchev–Trinajstić information content (AvgIpc) is 2.54. The van der Waals surface area contributed by atoms with Crippen LogP contribution < -0.4 is 0 Å². The van der Waals surface area contributed by atoms with E-state index in [2.05, 4.69) is 0 Å². The van der Waals surface area contributed by atoms with Crippen LogP contribution in [0.2, 0.25) is 0 Å². The molecule has 2 aliphatic rings. The molecule has 170 valence electrons. The third-order valence-electron chi connectivity index (χ3n) is 6.64. The summed E-state index contributed by atoms with van der Waals surface area (Å²) in [5.41, 5.74) is -4.87. The number of fused-ring (bicyclic) bond motifs is 1. The van der Waals surface area contributed by atoms with E-state index < -0.39 is 51.6 Å². The highest BCUT2D eigenvalue weighted by molar-refractivity contribution is 6.22. The minimum absolute atomic E-state index is 0.152. The molecule has 2 N–H and O–H groups in total. The second-order valence-electron chi connectivity index (χ2n) is 9.84. The predicted molar refractivity (Wildman–Crippen MR) is 111 cm³/mol. The molecule has 0 aromatic carbocycles. The molecule has 1 saturated carbocycles. The quantitative estimate of drug-likeness (QED) is 0.495. The van der Waals surface area contributed by atoms with E-state index >= 15 is 0 Å². The summed E-state index contributed by atoms with van der Waals surface area (Å²) in [5, 5.41) is 20.0. The molecule has 0 aromatic rings. The van der Waals surface area contributed by atoms with Crippen molar-refractivity contribution in [2.75, 3.05) is 0 Å². The summed E-state index contributed by atoms with van der Waals surface area (Å²) in [7, 11) is 0. The molecular formula is C22H33ClO7. The fourth-order valence-corrected chi connectivity index (χ4v) is 4.74. The fraction of sp³-hybridized carbons (Fsp3) is 0.773. The maximum absolute atomic E-state index is 12.7. The Hall–Kier alpha value is -1.44. The molecule has 30 heavy (non-hydrogen) atoms. The average molecular weight is 445 g/mol. The molecule has 0 bridgehead atoms. The van der Waals surface area contributed by atoms with Gasteiger partial charge in [-0.1, -0.05) is 13.0 Å². The van der Waals surface area contributed by atoms with Crippen LogP contribution >= 0.6 is 11.6 Å². The number of Topliss-reactive ketones (excluding diaryl/α,β-unsaturated/α-hetero) is 1. The Balaban J connectivity index is 2.53. The normalized spacial score (nSPS) is 34.9. The van der Waals surface area contributed by atoms with Crippen LogP contribution in [0.15, 0.2) is 11.6 Å². The highest BCUT2D eigenvalue weighted by Crippen LogP contribution is 2.55. The number of aliphatic hydroxyl groups is 2. The van der Waals surface area contributed by atoms with Crippen molar-refractivity contribution >= 4 is 29.3 Å². The lowest BCUT2D eigenvalue weighted by Crippen LogP contribution is -2.62. The van der Waals surface area contributed by atoms with E-state index in [9.17, 15) is 24.6 Å². The van der Waals surface area contributed by atoms with Crippen LogP contribution in [0.25, 0.3) is 0 Å². The minimum atomic E-state index is -1.92. The van der Waals surface area contributed by atoms with Crippen LogP contribution in [0.3, 0.4) is 0 Å². The van der Waals surface area contributed by atoms with Gasteiger partial charge in [-0.05, 0) is 52.9 Å². The van der Waals surface area contributed by atoms with Crippen LogP contribution in [-0.2, 0) is 23.9 Å². The number of hydrogen-bond acceptors (Lipinski definition) is 7. The van der Waals surface area contributed by atoms with E-state index in [1.165, 1.54) is 34.6 Å². The van der Waals surface area contributed by atoms with Gasteiger partial charge in [-0.2, -0.15) is 0 Å². The van der Waals surface area contributed by atoms with E-state index in [0.717, 1.165) is 0 Å². The predicted octanol–water partition coefficient (Wildman–Crippen LogP) is 2.68. The number of halogens is 1. The Morgan fingerprint density at radius 3 is 2.30 bits per heavy atom. The molecule has 0 spiro atoms. The van der Waals surface area contributed by atoms with E-state index in [4.69, 9.17) is 21.1 Å². The maximum atomic E-state index is 12.7. The Morgan fingerprint density at radius 2 is 1.83 bits per heavy atom. The van der Waals surface area contributed by atoms with E-state index in [-0.39, 0.29) is 17.8 Å². The Bertz CT molecular complexity index is 764. The molecule has 8 heteroatoms. The lowest BCUT2D eigenvalue weighted by atomic mass is 9.54. The van der Waals surface area contributed by atoms with Gasteiger partial charge in [0.2, 0.25) is 0 Å². The summed E-state index contributed by atoms with van der Waals surface area (Å²) in [5.74, 6) is -2.11. The molecule has 0 heterocycles. The zero-order valence-corrected chi connectivity index (χ0v) is 19.5. The SMILES string of the molecule is CC(=O)O[C@]1(C)[C@@H]2C=C(C(C)(C)O)C(=O)C[C@@]2(C)CC[C@H]1OC(=O)C(C)(O)C(C)Cl. The third-order valence-corrected chi connectivity index (χ3v) is 7.07. The number of alkyl halides is 1. The Labute approximate surface area is 182 Å². The van der Waals surface area contributed by atoms with Crippen LogP contribution in [0.4, 0.5) is 0 Å². The number of ketones is 1. The van der Waals surface area contributed by atoms with Crippen LogP contribution in [-0.4, -0.2) is 56.2 Å². The summed E-state index contributed by atoms with van der Waals surface area (Å²) >= 11 is 5.94. The molecule has 0 saturated heterocycles. The number of carbonyl (C=O) groups is 3. The first kappa shape index (κ1) is 24.8. The third kappa shape index (κ3) is 4.43. The van der Waals surface area contributed by atoms with Gasteiger partial charge in [0.05, 0.1) is 11.0 Å². The highest BCUT2D eigenvalue weighted by Gasteiger charge is 2.60. The summed E-state index contributed by atoms with van der Waals surface area (Å²) in [6.45, 7) is 10.7. The van der Waals surface area contributed by atoms with Crippen LogP contribution in [0.5, 0.6) is 0 Å². The van der Waals surface area contributed by atoms with Gasteiger partial charge >= 0.3 is 11.9 Å². The lowest BCUT2D eigenvalue weighted by Gasteiger charge is -2.55. The molecule has 2 rings (SSSR count). The van der Waals surface area contributed by atoms with E-state index in [1.54, 1.807) is 13.0 Å². The summed E-state index contributed by atoms with van der Waals surface area (Å²) < 4.78 is 11.4. The van der Waals surface area contributed by atoms with Crippen molar-refractivity contribution in [3.05, 3.63) is 11.6 Å². The first-order valence-corrected chi connectivity index (χ1v) is 10.6. The van der Waals surface area contributed by atoms with Gasteiger partial charge < -0.3 is 19.7 Å². The first-order valence-electron chi connectivity index (χ1n) is 10.2. The van der Waals surface area contributed by atoms with Gasteiger partial charge in [0.25, 0.3) is 0 Å². The number of rotatable bonds is 5. The number of hydrogen-bond donors (Lipinski definition) is 2. The molecule has 0 amide bonds. The Kier molecular flexibility index (Phi) is 6.55. The molecule has 1 fully saturated rings. The number of carbonyl (C=O) groups excluding carboxylic acids is 3. The van der Waals surface area contributed by atoms with Crippen LogP contribution in [0.1, 0.15) is 67.7 Å². The summed E-state index contributed by atoms with van der Waals surface area (Å²) in [6.07, 6.45) is 1.86. The molecule has 0 radical (unpaired) electrons. The van der Waals surface area contributed by atoms with Gasteiger partial charge in [0, 0.05) is 24.8 Å². The molecule has 7 nitrogen and oxygen atoms in total. The minimum Gasteiger partial charge on any atom is -0.456 e. The molecule has 6 atom stereocenters. The zero-order valence-electron chi connectivity index (χ0n) is 18.7. The molecule has 2 aliphatic carbocycles. The molecular weight excluding hydrogens is 412 g/mol. The van der Waals surface area contributed by atoms with Crippen molar-refractivity contribution in [2.24, 2.45) is 11.3 Å². The topological polar surface area (TPSA) is 110 Å². The van der Waals surface area contributed by atoms with E-state index in [0.29, 0.717) is 12.8 Å². The largest absolute Gasteiger partial charge is 0.456 e. The summed E-state index contributed by atoms with van der Waals surface area (Å²) in [6, 6.07) is 0. The highest BCUT2D eigenvalue weighted by atomic mass is 35.5. The monoisotopic (exact) mass is 444 g/mol. The van der Waals surface area contributed by atoms with Gasteiger partial charge in [-0.3, -0.25) is 9.59 Å². The van der Waals surface area contributed by atoms with Gasteiger partial charge in [-0.15, -0.1) is 11.6 Å². The van der Waals surface area contributed by atoms with Crippen molar-refractivity contribution in [3.63, 3.8) is 0 Å². The smallest absolute Gasteiger partial charge is 0.339 e. The molecule has 0 aromatic heterocycles. The summed E-state index contributed by atoms with van der Waals surface area (Å²) in [4.78, 5) is 37.4. The molecule has 0 aliphatic heterocycles. The maximum Gasteiger partial charge on any atom is 0.339 e. The molecule has 2 unspecified atom stereocenters. The van der Waals surface area contributed by atoms with Gasteiger partial charge in [0.1, 0.15) is 6.10 Å². The fourth-order valence-electron chi connectivity index (χ4n) is 4.65. The van der Waals surface area contributed by atoms with E-state index in [1.807, 2.05) is 6.92 Å².